The van der Waals surface area contributed by atoms with Crippen LogP contribution in [0.3, 0.4) is 0 Å². The monoisotopic (exact) mass is 305 g/mol. The second-order valence-corrected chi connectivity index (χ2v) is 4.12. The quantitative estimate of drug-likeness (QED) is 0.870. The van der Waals surface area contributed by atoms with Crippen LogP contribution in [-0.4, -0.2) is 28.2 Å². The standard InChI is InChI=1S/C10H13F6N3O/c1-3-4-5-6(17)7(19(2)18-5)20-8(9(11,12)13)10(14,15)16/h8H,3-4,17H2,1-2H3. The molecule has 0 aliphatic heterocycles. The summed E-state index contributed by atoms with van der Waals surface area (Å²) in [6.45, 7) is 1.77. The highest BCUT2D eigenvalue weighted by molar-refractivity contribution is 5.53. The molecule has 0 atom stereocenters. The maximum Gasteiger partial charge on any atom is 0.434 e. The van der Waals surface area contributed by atoms with Crippen LogP contribution in [0.4, 0.5) is 32.0 Å². The van der Waals surface area contributed by atoms with Crippen LogP contribution in [0.15, 0.2) is 0 Å². The van der Waals surface area contributed by atoms with Crippen molar-refractivity contribution in [3.8, 4) is 5.88 Å². The van der Waals surface area contributed by atoms with Gasteiger partial charge in [0.15, 0.2) is 0 Å². The Morgan fingerprint density at radius 2 is 1.70 bits per heavy atom. The molecule has 116 valence electrons. The first kappa shape index (κ1) is 16.4. The Balaban J connectivity index is 3.13. The van der Waals surface area contributed by atoms with E-state index >= 15 is 0 Å². The first-order valence-electron chi connectivity index (χ1n) is 5.59. The van der Waals surface area contributed by atoms with E-state index in [4.69, 9.17) is 5.73 Å². The molecular formula is C10H13F6N3O. The van der Waals surface area contributed by atoms with Crippen molar-refractivity contribution in [2.45, 2.75) is 38.2 Å². The zero-order chi connectivity index (χ0) is 15.7. The van der Waals surface area contributed by atoms with Gasteiger partial charge in [-0.25, -0.2) is 4.68 Å². The van der Waals surface area contributed by atoms with Crippen molar-refractivity contribution in [1.82, 2.24) is 9.78 Å². The summed E-state index contributed by atoms with van der Waals surface area (Å²) in [5.41, 5.74) is 5.37. The number of hydrogen-bond acceptors (Lipinski definition) is 3. The number of anilines is 1. The van der Waals surface area contributed by atoms with Crippen molar-refractivity contribution in [3.05, 3.63) is 5.69 Å². The highest BCUT2D eigenvalue weighted by Crippen LogP contribution is 2.38. The minimum absolute atomic E-state index is 0.202. The van der Waals surface area contributed by atoms with Crippen LogP contribution in [0.25, 0.3) is 0 Å². The lowest BCUT2D eigenvalue weighted by Crippen LogP contribution is -2.47. The van der Waals surface area contributed by atoms with Crippen LogP contribution < -0.4 is 10.5 Å². The van der Waals surface area contributed by atoms with Gasteiger partial charge in [-0.15, -0.1) is 0 Å². The van der Waals surface area contributed by atoms with Crippen LogP contribution in [0.2, 0.25) is 0 Å². The molecule has 1 aromatic heterocycles. The number of hydrogen-bond donors (Lipinski definition) is 1. The number of aromatic nitrogens is 2. The third-order valence-electron chi connectivity index (χ3n) is 2.42. The van der Waals surface area contributed by atoms with Gasteiger partial charge < -0.3 is 10.5 Å². The lowest BCUT2D eigenvalue weighted by atomic mass is 10.2. The second kappa shape index (κ2) is 5.41. The Hall–Kier alpha value is -1.61. The van der Waals surface area contributed by atoms with Crippen LogP contribution in [0, 0.1) is 0 Å². The molecule has 1 rings (SSSR count). The smallest absolute Gasteiger partial charge is 0.434 e. The van der Waals surface area contributed by atoms with Crippen molar-refractivity contribution < 1.29 is 31.1 Å². The fourth-order valence-corrected chi connectivity index (χ4v) is 1.57. The summed E-state index contributed by atoms with van der Waals surface area (Å²) in [5, 5.41) is 3.75. The van der Waals surface area contributed by atoms with E-state index in [0.29, 0.717) is 12.8 Å². The van der Waals surface area contributed by atoms with Crippen LogP contribution in [-0.2, 0) is 13.5 Å². The van der Waals surface area contributed by atoms with E-state index in [9.17, 15) is 26.3 Å². The van der Waals surface area contributed by atoms with Gasteiger partial charge >= 0.3 is 12.4 Å². The normalized spacial score (nSPS) is 13.1. The van der Waals surface area contributed by atoms with Gasteiger partial charge in [0.25, 0.3) is 6.10 Å². The highest BCUT2D eigenvalue weighted by Gasteiger charge is 2.59. The predicted octanol–water partition coefficient (Wildman–Crippen LogP) is 2.83. The molecule has 0 aromatic carbocycles. The van der Waals surface area contributed by atoms with Crippen molar-refractivity contribution in [2.24, 2.45) is 7.05 Å². The number of aryl methyl sites for hydroxylation is 2. The lowest BCUT2D eigenvalue weighted by Gasteiger charge is -2.23. The van der Waals surface area contributed by atoms with E-state index in [1.54, 1.807) is 6.92 Å². The summed E-state index contributed by atoms with van der Waals surface area (Å²) in [6, 6.07) is 0. The molecule has 0 saturated heterocycles. The number of nitrogen functional groups attached to an aromatic ring is 1. The van der Waals surface area contributed by atoms with Crippen molar-refractivity contribution in [3.63, 3.8) is 0 Å². The summed E-state index contributed by atoms with van der Waals surface area (Å²) in [4.78, 5) is 0. The van der Waals surface area contributed by atoms with E-state index in [2.05, 4.69) is 9.84 Å². The van der Waals surface area contributed by atoms with E-state index < -0.39 is 24.3 Å². The molecule has 0 fully saturated rings. The number of nitrogens with two attached hydrogens (primary N) is 1. The van der Waals surface area contributed by atoms with Gasteiger partial charge in [0.2, 0.25) is 5.88 Å². The molecule has 0 unspecified atom stereocenters. The fraction of sp³-hybridized carbons (Fsp3) is 0.700. The third kappa shape index (κ3) is 3.48. The zero-order valence-electron chi connectivity index (χ0n) is 10.6. The number of alkyl halides is 6. The van der Waals surface area contributed by atoms with Gasteiger partial charge in [0, 0.05) is 7.05 Å². The molecule has 0 amide bonds. The first-order valence-corrected chi connectivity index (χ1v) is 5.59. The topological polar surface area (TPSA) is 53.1 Å². The third-order valence-corrected chi connectivity index (χ3v) is 2.42. The summed E-state index contributed by atoms with van der Waals surface area (Å²) in [5.74, 6) is -0.742. The van der Waals surface area contributed by atoms with Crippen molar-refractivity contribution in [2.75, 3.05) is 5.73 Å². The molecule has 0 aliphatic rings. The molecule has 0 saturated carbocycles. The molecule has 0 aliphatic carbocycles. The molecule has 0 spiro atoms. The molecule has 10 heteroatoms. The minimum Gasteiger partial charge on any atom is -0.453 e. The number of ether oxygens (including phenoxy) is 1. The predicted molar refractivity (Wildman–Crippen MR) is 58.1 cm³/mol. The molecule has 0 bridgehead atoms. The van der Waals surface area contributed by atoms with E-state index in [0.717, 1.165) is 11.7 Å². The molecule has 2 N–H and O–H groups in total. The molecule has 1 aromatic rings. The summed E-state index contributed by atoms with van der Waals surface area (Å²) >= 11 is 0. The molecule has 0 radical (unpaired) electrons. The largest absolute Gasteiger partial charge is 0.453 e. The molecule has 4 nitrogen and oxygen atoms in total. The number of rotatable bonds is 4. The van der Waals surface area contributed by atoms with Crippen molar-refractivity contribution in [1.29, 1.82) is 0 Å². The van der Waals surface area contributed by atoms with Gasteiger partial charge in [0.05, 0.1) is 5.69 Å². The van der Waals surface area contributed by atoms with Gasteiger partial charge in [0.1, 0.15) is 5.69 Å². The first-order chi connectivity index (χ1) is 8.98. The van der Waals surface area contributed by atoms with Gasteiger partial charge in [-0.3, -0.25) is 0 Å². The SMILES string of the molecule is CCCc1nn(C)c(OC(C(F)(F)F)C(F)(F)F)c1N. The molecule has 1 heterocycles. The Kier molecular flexibility index (Phi) is 4.45. The maximum absolute atomic E-state index is 12.4. The fourth-order valence-electron chi connectivity index (χ4n) is 1.57. The maximum atomic E-state index is 12.4. The van der Waals surface area contributed by atoms with E-state index in [1.807, 2.05) is 0 Å². The summed E-state index contributed by atoms with van der Waals surface area (Å²) in [7, 11) is 1.16. The zero-order valence-corrected chi connectivity index (χ0v) is 10.6. The average molecular weight is 305 g/mol. The Labute approximate surface area is 110 Å². The van der Waals surface area contributed by atoms with Crippen LogP contribution in [0.5, 0.6) is 5.88 Å². The van der Waals surface area contributed by atoms with Gasteiger partial charge in [-0.1, -0.05) is 13.3 Å². The van der Waals surface area contributed by atoms with Crippen LogP contribution >= 0.6 is 0 Å². The van der Waals surface area contributed by atoms with Crippen LogP contribution in [0.1, 0.15) is 19.0 Å². The van der Waals surface area contributed by atoms with Gasteiger partial charge in [-0.05, 0) is 6.42 Å². The van der Waals surface area contributed by atoms with E-state index in [-0.39, 0.29) is 11.4 Å². The number of nitrogens with zero attached hydrogens (tertiary/aromatic N) is 2. The number of halogens is 6. The average Bonchev–Trinajstić information content (AvgIpc) is 2.49. The highest BCUT2D eigenvalue weighted by atomic mass is 19.4. The van der Waals surface area contributed by atoms with Gasteiger partial charge in [-0.2, -0.15) is 31.4 Å². The molecular weight excluding hydrogens is 292 g/mol. The second-order valence-electron chi connectivity index (χ2n) is 4.12. The Bertz CT molecular complexity index is 451. The lowest BCUT2D eigenvalue weighted by molar-refractivity contribution is -0.300. The minimum atomic E-state index is -5.60. The molecule has 20 heavy (non-hydrogen) atoms. The Morgan fingerprint density at radius 1 is 1.20 bits per heavy atom. The summed E-state index contributed by atoms with van der Waals surface area (Å²) in [6.07, 6.45) is -14.2. The summed E-state index contributed by atoms with van der Waals surface area (Å²) < 4.78 is 79.3. The van der Waals surface area contributed by atoms with Crippen molar-refractivity contribution >= 4 is 5.69 Å². The Morgan fingerprint density at radius 3 is 2.10 bits per heavy atom. The van der Waals surface area contributed by atoms with E-state index in [1.165, 1.54) is 0 Å².